The zero-order valence-corrected chi connectivity index (χ0v) is 9.86. The molecule has 0 bridgehead atoms. The predicted molar refractivity (Wildman–Crippen MR) is 64.3 cm³/mol. The molecule has 1 aromatic heterocycles. The fourth-order valence-corrected chi connectivity index (χ4v) is 1.69. The number of aromatic nitrogens is 4. The van der Waals surface area contributed by atoms with Crippen LogP contribution in [0.3, 0.4) is 0 Å². The van der Waals surface area contributed by atoms with Crippen molar-refractivity contribution in [2.45, 2.75) is 25.7 Å². The molecule has 6 heteroatoms. The summed E-state index contributed by atoms with van der Waals surface area (Å²) in [6.07, 6.45) is 2.26. The molecule has 0 amide bonds. The summed E-state index contributed by atoms with van der Waals surface area (Å²) in [6.45, 7) is 0. The summed E-state index contributed by atoms with van der Waals surface area (Å²) in [6, 6.07) is 9.63. The Morgan fingerprint density at radius 3 is 2.72 bits per heavy atom. The minimum atomic E-state index is -0.766. The quantitative estimate of drug-likeness (QED) is 0.780. The molecule has 0 unspecified atom stereocenters. The third-order valence-electron chi connectivity index (χ3n) is 2.58. The van der Waals surface area contributed by atoms with E-state index in [1.54, 1.807) is 4.68 Å². The molecule has 18 heavy (non-hydrogen) atoms. The number of benzene rings is 1. The summed E-state index contributed by atoms with van der Waals surface area (Å²) < 4.78 is 1.68. The van der Waals surface area contributed by atoms with Crippen LogP contribution in [0.2, 0.25) is 0 Å². The monoisotopic (exact) mass is 246 g/mol. The number of nitrogens with zero attached hydrogens (tertiary/aromatic N) is 4. The Hall–Kier alpha value is -2.24. The van der Waals surface area contributed by atoms with E-state index in [9.17, 15) is 4.79 Å². The topological polar surface area (TPSA) is 80.9 Å². The number of unbranched alkanes of at least 4 members (excludes halogenated alkanes) is 1. The third kappa shape index (κ3) is 3.13. The number of rotatable bonds is 6. The van der Waals surface area contributed by atoms with Crippen LogP contribution in [0, 0.1) is 0 Å². The van der Waals surface area contributed by atoms with E-state index in [0.717, 1.165) is 17.9 Å². The maximum absolute atomic E-state index is 10.4. The van der Waals surface area contributed by atoms with E-state index in [0.29, 0.717) is 12.8 Å². The summed E-state index contributed by atoms with van der Waals surface area (Å²) in [7, 11) is 0. The van der Waals surface area contributed by atoms with Crippen LogP contribution in [-0.2, 0) is 11.2 Å². The van der Waals surface area contributed by atoms with Crippen LogP contribution in [0.15, 0.2) is 30.3 Å². The van der Waals surface area contributed by atoms with Crippen LogP contribution < -0.4 is 0 Å². The van der Waals surface area contributed by atoms with Gasteiger partial charge in [0.05, 0.1) is 5.69 Å². The Kier molecular flexibility index (Phi) is 4.01. The molecular formula is C12H14N4O2. The van der Waals surface area contributed by atoms with Gasteiger partial charge in [0.25, 0.3) is 0 Å². The van der Waals surface area contributed by atoms with Crippen molar-refractivity contribution < 1.29 is 9.90 Å². The van der Waals surface area contributed by atoms with Crippen LogP contribution in [0.1, 0.15) is 25.1 Å². The highest BCUT2D eigenvalue weighted by Gasteiger charge is 2.07. The fraction of sp³-hybridized carbons (Fsp3) is 0.333. The molecule has 6 nitrogen and oxygen atoms in total. The van der Waals surface area contributed by atoms with E-state index in [2.05, 4.69) is 15.5 Å². The van der Waals surface area contributed by atoms with Crippen molar-refractivity contribution in [1.82, 2.24) is 20.2 Å². The van der Waals surface area contributed by atoms with Gasteiger partial charge in [-0.3, -0.25) is 4.79 Å². The van der Waals surface area contributed by atoms with Gasteiger partial charge < -0.3 is 5.11 Å². The number of carboxylic acids is 1. The van der Waals surface area contributed by atoms with Crippen molar-refractivity contribution in [3.63, 3.8) is 0 Å². The van der Waals surface area contributed by atoms with Gasteiger partial charge in [-0.15, -0.1) is 5.10 Å². The van der Waals surface area contributed by atoms with Crippen LogP contribution >= 0.6 is 0 Å². The number of carbonyl (C=O) groups is 1. The molecule has 0 fully saturated rings. The third-order valence-corrected chi connectivity index (χ3v) is 2.58. The molecule has 0 aliphatic heterocycles. The van der Waals surface area contributed by atoms with Crippen molar-refractivity contribution in [3.05, 3.63) is 36.2 Å². The number of para-hydroxylation sites is 1. The average molecular weight is 246 g/mol. The molecule has 1 aromatic carbocycles. The van der Waals surface area contributed by atoms with Gasteiger partial charge in [-0.25, -0.2) is 0 Å². The average Bonchev–Trinajstić information content (AvgIpc) is 2.84. The first-order valence-electron chi connectivity index (χ1n) is 5.82. The smallest absolute Gasteiger partial charge is 0.303 e. The van der Waals surface area contributed by atoms with E-state index in [1.165, 1.54) is 0 Å². The second-order valence-corrected chi connectivity index (χ2v) is 3.94. The van der Waals surface area contributed by atoms with Crippen molar-refractivity contribution in [3.8, 4) is 5.69 Å². The van der Waals surface area contributed by atoms with Crippen molar-refractivity contribution in [1.29, 1.82) is 0 Å². The van der Waals surface area contributed by atoms with Gasteiger partial charge in [0.15, 0.2) is 5.82 Å². The lowest BCUT2D eigenvalue weighted by Gasteiger charge is -2.03. The van der Waals surface area contributed by atoms with Gasteiger partial charge in [-0.05, 0) is 35.4 Å². The van der Waals surface area contributed by atoms with Gasteiger partial charge in [-0.2, -0.15) is 4.68 Å². The predicted octanol–water partition coefficient (Wildman–Crippen LogP) is 1.46. The van der Waals surface area contributed by atoms with E-state index < -0.39 is 5.97 Å². The summed E-state index contributed by atoms with van der Waals surface area (Å²) >= 11 is 0. The van der Waals surface area contributed by atoms with Gasteiger partial charge in [-0.1, -0.05) is 18.2 Å². The fourth-order valence-electron chi connectivity index (χ4n) is 1.69. The number of aryl methyl sites for hydroxylation is 1. The van der Waals surface area contributed by atoms with Gasteiger partial charge in [0, 0.05) is 12.8 Å². The summed E-state index contributed by atoms with van der Waals surface area (Å²) in [5.41, 5.74) is 0.913. The number of tetrazole rings is 1. The molecule has 0 atom stereocenters. The lowest BCUT2D eigenvalue weighted by molar-refractivity contribution is -0.137. The second kappa shape index (κ2) is 5.90. The number of carboxylic acid groups (broad SMARTS) is 1. The highest BCUT2D eigenvalue weighted by Crippen LogP contribution is 2.09. The SMILES string of the molecule is O=C(O)CCCCc1nnnn1-c1ccccc1. The molecule has 0 radical (unpaired) electrons. The Labute approximate surface area is 104 Å². The summed E-state index contributed by atoms with van der Waals surface area (Å²) in [5.74, 6) is -0.00996. The first-order chi connectivity index (χ1) is 8.77. The minimum Gasteiger partial charge on any atom is -0.481 e. The maximum Gasteiger partial charge on any atom is 0.303 e. The second-order valence-electron chi connectivity index (χ2n) is 3.94. The largest absolute Gasteiger partial charge is 0.481 e. The van der Waals surface area contributed by atoms with Gasteiger partial charge in [0.1, 0.15) is 0 Å². The Bertz CT molecular complexity index is 510. The Balaban J connectivity index is 1.98. The highest BCUT2D eigenvalue weighted by molar-refractivity contribution is 5.66. The van der Waals surface area contributed by atoms with Crippen molar-refractivity contribution in [2.75, 3.05) is 0 Å². The van der Waals surface area contributed by atoms with Crippen LogP contribution in [0.25, 0.3) is 5.69 Å². The minimum absolute atomic E-state index is 0.187. The van der Waals surface area contributed by atoms with Crippen LogP contribution in [0.5, 0.6) is 0 Å². The molecule has 0 spiro atoms. The molecule has 0 aliphatic rings. The molecule has 94 valence electrons. The zero-order chi connectivity index (χ0) is 12.8. The molecule has 0 saturated carbocycles. The lowest BCUT2D eigenvalue weighted by atomic mass is 10.2. The normalized spacial score (nSPS) is 10.4. The Morgan fingerprint density at radius 2 is 2.00 bits per heavy atom. The molecular weight excluding hydrogens is 232 g/mol. The van der Waals surface area contributed by atoms with E-state index in [4.69, 9.17) is 5.11 Å². The van der Waals surface area contributed by atoms with Gasteiger partial charge >= 0.3 is 5.97 Å². The Morgan fingerprint density at radius 1 is 1.22 bits per heavy atom. The molecule has 2 rings (SSSR count). The van der Waals surface area contributed by atoms with E-state index >= 15 is 0 Å². The molecule has 1 heterocycles. The number of hydrogen-bond acceptors (Lipinski definition) is 4. The summed E-state index contributed by atoms with van der Waals surface area (Å²) in [5, 5.41) is 20.1. The lowest BCUT2D eigenvalue weighted by Crippen LogP contribution is -2.03. The number of aliphatic carboxylic acids is 1. The van der Waals surface area contributed by atoms with Gasteiger partial charge in [0.2, 0.25) is 0 Å². The highest BCUT2D eigenvalue weighted by atomic mass is 16.4. The van der Waals surface area contributed by atoms with Crippen LogP contribution in [-0.4, -0.2) is 31.3 Å². The van der Waals surface area contributed by atoms with E-state index in [1.807, 2.05) is 30.3 Å². The standard InChI is InChI=1S/C12H14N4O2/c17-12(18)9-5-4-8-11-13-14-15-16(11)10-6-2-1-3-7-10/h1-3,6-7H,4-5,8-9H2,(H,17,18). The zero-order valence-electron chi connectivity index (χ0n) is 9.86. The molecule has 0 aliphatic carbocycles. The first kappa shape index (κ1) is 12.2. The first-order valence-corrected chi connectivity index (χ1v) is 5.82. The molecule has 2 aromatic rings. The van der Waals surface area contributed by atoms with E-state index in [-0.39, 0.29) is 6.42 Å². The summed E-state index contributed by atoms with van der Waals surface area (Å²) in [4.78, 5) is 10.4. The molecule has 0 saturated heterocycles. The number of hydrogen-bond donors (Lipinski definition) is 1. The van der Waals surface area contributed by atoms with Crippen LogP contribution in [0.4, 0.5) is 0 Å². The van der Waals surface area contributed by atoms with Crippen molar-refractivity contribution in [2.24, 2.45) is 0 Å². The maximum atomic E-state index is 10.4. The van der Waals surface area contributed by atoms with Crippen molar-refractivity contribution >= 4 is 5.97 Å². The molecule has 1 N–H and O–H groups in total.